The van der Waals surface area contributed by atoms with Gasteiger partial charge in [0, 0.05) is 17.8 Å². The maximum atomic E-state index is 5.85. The fourth-order valence-electron chi connectivity index (χ4n) is 2.66. The minimum atomic E-state index is 0.540. The number of nitrogens with zero attached hydrogens (tertiary/aromatic N) is 1. The number of benzene rings is 2. The van der Waals surface area contributed by atoms with E-state index < -0.39 is 0 Å². The number of aromatic nitrogens is 1. The summed E-state index contributed by atoms with van der Waals surface area (Å²) in [6.45, 7) is 4.16. The van der Waals surface area contributed by atoms with Crippen LogP contribution in [0.4, 0.5) is 0 Å². The van der Waals surface area contributed by atoms with Crippen LogP contribution in [0.3, 0.4) is 0 Å². The highest BCUT2D eigenvalue weighted by molar-refractivity contribution is 5.81. The Morgan fingerprint density at radius 3 is 2.76 bits per heavy atom. The molecule has 21 heavy (non-hydrogen) atoms. The highest BCUT2D eigenvalue weighted by Gasteiger charge is 2.04. The van der Waals surface area contributed by atoms with Gasteiger partial charge in [-0.3, -0.25) is 0 Å². The number of aryl methyl sites for hydroxylation is 1. The molecule has 0 bridgehead atoms. The van der Waals surface area contributed by atoms with Crippen molar-refractivity contribution in [3.63, 3.8) is 0 Å². The Morgan fingerprint density at radius 1 is 1.05 bits per heavy atom. The van der Waals surface area contributed by atoms with Gasteiger partial charge >= 0.3 is 0 Å². The molecule has 0 aliphatic carbocycles. The van der Waals surface area contributed by atoms with E-state index in [0.717, 1.165) is 17.9 Å². The fraction of sp³-hybridized carbons (Fsp3) is 0.222. The van der Waals surface area contributed by atoms with Gasteiger partial charge in [0.25, 0.3) is 0 Å². The predicted molar refractivity (Wildman–Crippen MR) is 86.5 cm³/mol. The molecule has 2 aromatic carbocycles. The van der Waals surface area contributed by atoms with Gasteiger partial charge in [0.2, 0.25) is 0 Å². The Morgan fingerprint density at radius 2 is 1.90 bits per heavy atom. The number of para-hydroxylation sites is 1. The molecular formula is C18H20N2O. The van der Waals surface area contributed by atoms with Crippen LogP contribution in [-0.4, -0.2) is 11.2 Å². The maximum Gasteiger partial charge on any atom is 0.119 e. The van der Waals surface area contributed by atoms with Crippen molar-refractivity contribution < 1.29 is 4.74 Å². The van der Waals surface area contributed by atoms with Gasteiger partial charge in [0.1, 0.15) is 12.4 Å². The van der Waals surface area contributed by atoms with E-state index in [4.69, 9.17) is 10.5 Å². The van der Waals surface area contributed by atoms with Gasteiger partial charge in [-0.15, -0.1) is 0 Å². The Hall–Kier alpha value is -2.26. The third-order valence-electron chi connectivity index (χ3n) is 3.74. The first kappa shape index (κ1) is 13.7. The van der Waals surface area contributed by atoms with E-state index in [1.54, 1.807) is 0 Å². The molecule has 0 aliphatic heterocycles. The predicted octanol–water partition coefficient (Wildman–Crippen LogP) is 3.49. The first-order chi connectivity index (χ1) is 10.3. The molecule has 0 spiro atoms. The lowest BCUT2D eigenvalue weighted by molar-refractivity contribution is 0.299. The summed E-state index contributed by atoms with van der Waals surface area (Å²) in [5, 5.41) is 1.28. The average Bonchev–Trinajstić information content (AvgIpc) is 2.83. The molecule has 3 nitrogen and oxygen atoms in total. The number of hydrogen-bond donors (Lipinski definition) is 1. The lowest BCUT2D eigenvalue weighted by atomic mass is 10.2. The Balaban J connectivity index is 1.70. The third kappa shape index (κ3) is 2.93. The van der Waals surface area contributed by atoms with Crippen LogP contribution >= 0.6 is 0 Å². The molecule has 0 fully saturated rings. The van der Waals surface area contributed by atoms with Crippen LogP contribution in [0.2, 0.25) is 0 Å². The molecule has 1 aromatic heterocycles. The molecule has 0 amide bonds. The molecule has 0 radical (unpaired) electrons. The monoisotopic (exact) mass is 280 g/mol. The molecule has 0 saturated heterocycles. The summed E-state index contributed by atoms with van der Waals surface area (Å²) in [6.07, 6.45) is 0. The van der Waals surface area contributed by atoms with Crippen LogP contribution in [-0.2, 0) is 13.1 Å². The van der Waals surface area contributed by atoms with Crippen molar-refractivity contribution >= 4 is 10.9 Å². The van der Waals surface area contributed by atoms with Gasteiger partial charge in [-0.1, -0.05) is 30.3 Å². The molecule has 0 atom stereocenters. The quantitative estimate of drug-likeness (QED) is 0.777. The second kappa shape index (κ2) is 6.02. The number of rotatable bonds is 5. The molecule has 2 N–H and O–H groups in total. The fourth-order valence-corrected chi connectivity index (χ4v) is 2.66. The zero-order chi connectivity index (χ0) is 14.7. The summed E-state index contributed by atoms with van der Waals surface area (Å²) in [5.41, 5.74) is 9.26. The number of nitrogens with two attached hydrogens (primary N) is 1. The van der Waals surface area contributed by atoms with Crippen molar-refractivity contribution in [2.24, 2.45) is 5.73 Å². The molecule has 1 heterocycles. The van der Waals surface area contributed by atoms with Crippen LogP contribution in [0, 0.1) is 6.92 Å². The molecule has 0 unspecified atom stereocenters. The first-order valence-corrected chi connectivity index (χ1v) is 7.24. The minimum absolute atomic E-state index is 0.540. The summed E-state index contributed by atoms with van der Waals surface area (Å²) in [6, 6.07) is 18.6. The van der Waals surface area contributed by atoms with Crippen LogP contribution in [0.15, 0.2) is 54.6 Å². The molecule has 108 valence electrons. The summed E-state index contributed by atoms with van der Waals surface area (Å²) in [7, 11) is 0. The van der Waals surface area contributed by atoms with Gasteiger partial charge in [-0.25, -0.2) is 0 Å². The standard InChI is InChI=1S/C18H20N2O/c1-14-11-16-6-2-3-8-18(16)20(14)9-10-21-17-7-4-5-15(12-17)13-19/h2-8,11-12H,9-10,13,19H2,1H3. The van der Waals surface area contributed by atoms with Crippen LogP contribution in [0.25, 0.3) is 10.9 Å². The zero-order valence-electron chi connectivity index (χ0n) is 12.3. The number of fused-ring (bicyclic) bond motifs is 1. The van der Waals surface area contributed by atoms with E-state index in [-0.39, 0.29) is 0 Å². The van der Waals surface area contributed by atoms with E-state index in [9.17, 15) is 0 Å². The highest BCUT2D eigenvalue weighted by atomic mass is 16.5. The third-order valence-corrected chi connectivity index (χ3v) is 3.74. The first-order valence-electron chi connectivity index (χ1n) is 7.24. The van der Waals surface area contributed by atoms with Gasteiger partial charge < -0.3 is 15.0 Å². The zero-order valence-corrected chi connectivity index (χ0v) is 12.3. The van der Waals surface area contributed by atoms with Gasteiger partial charge in [-0.2, -0.15) is 0 Å². The summed E-state index contributed by atoms with van der Waals surface area (Å²) in [5.74, 6) is 0.882. The number of hydrogen-bond acceptors (Lipinski definition) is 2. The molecule has 3 aromatic rings. The average molecular weight is 280 g/mol. The van der Waals surface area contributed by atoms with E-state index in [1.807, 2.05) is 24.3 Å². The van der Waals surface area contributed by atoms with Gasteiger partial charge in [0.05, 0.1) is 6.54 Å². The van der Waals surface area contributed by atoms with Crippen LogP contribution in [0.1, 0.15) is 11.3 Å². The summed E-state index contributed by atoms with van der Waals surface area (Å²) < 4.78 is 8.14. The SMILES string of the molecule is Cc1cc2ccccc2n1CCOc1cccc(CN)c1. The normalized spacial score (nSPS) is 11.0. The molecule has 3 heteroatoms. The van der Waals surface area contributed by atoms with Crippen LogP contribution in [0.5, 0.6) is 5.75 Å². The highest BCUT2D eigenvalue weighted by Crippen LogP contribution is 2.19. The summed E-state index contributed by atoms with van der Waals surface area (Å²) >= 11 is 0. The minimum Gasteiger partial charge on any atom is -0.492 e. The van der Waals surface area contributed by atoms with Crippen LogP contribution < -0.4 is 10.5 Å². The largest absolute Gasteiger partial charge is 0.492 e. The van der Waals surface area contributed by atoms with Crippen molar-refractivity contribution in [3.8, 4) is 5.75 Å². The van der Waals surface area contributed by atoms with Gasteiger partial charge in [0.15, 0.2) is 0 Å². The maximum absolute atomic E-state index is 5.85. The lowest BCUT2D eigenvalue weighted by Crippen LogP contribution is -2.09. The van der Waals surface area contributed by atoms with Gasteiger partial charge in [-0.05, 0) is 42.1 Å². The van der Waals surface area contributed by atoms with E-state index in [0.29, 0.717) is 13.2 Å². The molecular weight excluding hydrogens is 260 g/mol. The Bertz CT molecular complexity index is 746. The molecule has 0 aliphatic rings. The topological polar surface area (TPSA) is 40.2 Å². The van der Waals surface area contributed by atoms with Crippen molar-refractivity contribution in [1.82, 2.24) is 4.57 Å². The molecule has 3 rings (SSSR count). The summed E-state index contributed by atoms with van der Waals surface area (Å²) in [4.78, 5) is 0. The van der Waals surface area contributed by atoms with Crippen molar-refractivity contribution in [2.75, 3.05) is 6.61 Å². The molecule has 0 saturated carbocycles. The lowest BCUT2D eigenvalue weighted by Gasteiger charge is -2.11. The second-order valence-corrected chi connectivity index (χ2v) is 5.20. The van der Waals surface area contributed by atoms with E-state index in [2.05, 4.69) is 41.8 Å². The van der Waals surface area contributed by atoms with E-state index in [1.165, 1.54) is 16.6 Å². The second-order valence-electron chi connectivity index (χ2n) is 5.20. The number of ether oxygens (including phenoxy) is 1. The Labute approximate surface area is 125 Å². The smallest absolute Gasteiger partial charge is 0.119 e. The van der Waals surface area contributed by atoms with Crippen molar-refractivity contribution in [1.29, 1.82) is 0 Å². The van der Waals surface area contributed by atoms with Crippen molar-refractivity contribution in [2.45, 2.75) is 20.0 Å². The van der Waals surface area contributed by atoms with E-state index >= 15 is 0 Å². The van der Waals surface area contributed by atoms with Crippen molar-refractivity contribution in [3.05, 3.63) is 65.9 Å². The Kier molecular flexibility index (Phi) is 3.93.